The molecule has 0 spiro atoms. The number of aryl methyl sites for hydroxylation is 3. The highest BCUT2D eigenvalue weighted by Gasteiger charge is 2.16. The lowest BCUT2D eigenvalue weighted by Gasteiger charge is -2.05. The highest BCUT2D eigenvalue weighted by molar-refractivity contribution is 5.99. The van der Waals surface area contributed by atoms with Gasteiger partial charge in [0.05, 0.1) is 10.9 Å². The van der Waals surface area contributed by atoms with Crippen molar-refractivity contribution < 1.29 is 18.0 Å². The molecule has 1 N–H and O–H groups in total. The van der Waals surface area contributed by atoms with E-state index >= 15 is 0 Å². The highest BCUT2D eigenvalue weighted by atomic mass is 19.1. The molecule has 0 aliphatic rings. The second-order valence-corrected chi connectivity index (χ2v) is 6.48. The second-order valence-electron chi connectivity index (χ2n) is 6.48. The van der Waals surface area contributed by atoms with Crippen LogP contribution < -0.4 is 5.32 Å². The van der Waals surface area contributed by atoms with Crippen LogP contribution in [0.15, 0.2) is 51.6 Å². The number of hydrogen-bond acceptors (Lipinski definition) is 5. The molecule has 0 fully saturated rings. The van der Waals surface area contributed by atoms with E-state index in [1.807, 2.05) is 13.8 Å². The van der Waals surface area contributed by atoms with Gasteiger partial charge in [0.1, 0.15) is 35.2 Å². The number of furan rings is 2. The van der Waals surface area contributed by atoms with E-state index in [1.165, 1.54) is 12.4 Å². The summed E-state index contributed by atoms with van der Waals surface area (Å²) in [5.74, 6) is 1.66. The number of halogens is 1. The van der Waals surface area contributed by atoms with Gasteiger partial charge in [-0.2, -0.15) is 0 Å². The van der Waals surface area contributed by atoms with E-state index in [4.69, 9.17) is 8.83 Å². The molecule has 4 aromatic rings. The van der Waals surface area contributed by atoms with Crippen molar-refractivity contribution in [2.75, 3.05) is 5.32 Å². The van der Waals surface area contributed by atoms with Crippen molar-refractivity contribution in [2.45, 2.75) is 26.7 Å². The standard InChI is InChI=1S/C21H18FN3O3/c1-12-13(2)27-21-19(12)20(23-11-24-21)25-18(26)10-8-14-7-9-17(28-14)15-5-3-4-6-16(15)22/h3-7,9,11H,8,10H2,1-2H3,(H,23,24,25,26). The normalized spacial score (nSPS) is 11.1. The molecule has 28 heavy (non-hydrogen) atoms. The molecule has 0 radical (unpaired) electrons. The fourth-order valence-corrected chi connectivity index (χ4v) is 3.03. The van der Waals surface area contributed by atoms with Crippen LogP contribution in [0.3, 0.4) is 0 Å². The van der Waals surface area contributed by atoms with Gasteiger partial charge >= 0.3 is 0 Å². The molecule has 6 nitrogen and oxygen atoms in total. The molecule has 0 aliphatic carbocycles. The van der Waals surface area contributed by atoms with E-state index in [-0.39, 0.29) is 18.1 Å². The van der Waals surface area contributed by atoms with Crippen molar-refractivity contribution >= 4 is 22.8 Å². The summed E-state index contributed by atoms with van der Waals surface area (Å²) in [5, 5.41) is 3.51. The third-order valence-electron chi connectivity index (χ3n) is 4.62. The number of nitrogens with one attached hydrogen (secondary N) is 1. The maximum atomic E-state index is 13.9. The first-order valence-corrected chi connectivity index (χ1v) is 8.87. The highest BCUT2D eigenvalue weighted by Crippen LogP contribution is 2.28. The van der Waals surface area contributed by atoms with Crippen molar-refractivity contribution in [3.63, 3.8) is 0 Å². The number of aromatic nitrogens is 2. The van der Waals surface area contributed by atoms with Crippen LogP contribution in [0.25, 0.3) is 22.4 Å². The summed E-state index contributed by atoms with van der Waals surface area (Å²) in [6.45, 7) is 3.74. The zero-order chi connectivity index (χ0) is 19.7. The fraction of sp³-hybridized carbons (Fsp3) is 0.190. The molecule has 3 aromatic heterocycles. The lowest BCUT2D eigenvalue weighted by Crippen LogP contribution is -2.13. The molecule has 4 rings (SSSR count). The predicted molar refractivity (Wildman–Crippen MR) is 102 cm³/mol. The van der Waals surface area contributed by atoms with Crippen LogP contribution in [0.2, 0.25) is 0 Å². The SMILES string of the molecule is Cc1oc2ncnc(NC(=O)CCc3ccc(-c4ccccc4F)o3)c2c1C. The average molecular weight is 379 g/mol. The third kappa shape index (κ3) is 3.38. The van der Waals surface area contributed by atoms with E-state index in [0.717, 1.165) is 11.3 Å². The van der Waals surface area contributed by atoms with Gasteiger partial charge in [-0.1, -0.05) is 12.1 Å². The van der Waals surface area contributed by atoms with Gasteiger partial charge in [0.2, 0.25) is 11.6 Å². The van der Waals surface area contributed by atoms with Crippen LogP contribution in [0.5, 0.6) is 0 Å². The summed E-state index contributed by atoms with van der Waals surface area (Å²) >= 11 is 0. The first-order chi connectivity index (χ1) is 13.5. The van der Waals surface area contributed by atoms with Gasteiger partial charge in [0, 0.05) is 18.4 Å². The van der Waals surface area contributed by atoms with Crippen LogP contribution >= 0.6 is 0 Å². The molecule has 0 saturated carbocycles. The summed E-state index contributed by atoms with van der Waals surface area (Å²) < 4.78 is 25.1. The van der Waals surface area contributed by atoms with Crippen LogP contribution in [0, 0.1) is 19.7 Å². The van der Waals surface area contributed by atoms with Crippen molar-refractivity contribution in [3.8, 4) is 11.3 Å². The van der Waals surface area contributed by atoms with Gasteiger partial charge in [-0.25, -0.2) is 14.4 Å². The van der Waals surface area contributed by atoms with Crippen LogP contribution in [0.4, 0.5) is 10.2 Å². The van der Waals surface area contributed by atoms with Gasteiger partial charge in [-0.15, -0.1) is 0 Å². The van der Waals surface area contributed by atoms with Gasteiger partial charge in [0.25, 0.3) is 0 Å². The number of amides is 1. The summed E-state index contributed by atoms with van der Waals surface area (Å²) in [6, 6.07) is 9.86. The van der Waals surface area contributed by atoms with Gasteiger partial charge in [0.15, 0.2) is 0 Å². The number of carbonyl (C=O) groups excluding carboxylic acids is 1. The monoisotopic (exact) mass is 379 g/mol. The Kier molecular flexibility index (Phi) is 4.65. The maximum absolute atomic E-state index is 13.9. The summed E-state index contributed by atoms with van der Waals surface area (Å²) in [5.41, 5.74) is 1.74. The molecule has 7 heteroatoms. The van der Waals surface area contributed by atoms with Gasteiger partial charge in [-0.05, 0) is 38.1 Å². The van der Waals surface area contributed by atoms with Crippen LogP contribution in [0.1, 0.15) is 23.5 Å². The Morgan fingerprint density at radius 3 is 2.75 bits per heavy atom. The second kappa shape index (κ2) is 7.26. The van der Waals surface area contributed by atoms with E-state index in [2.05, 4.69) is 15.3 Å². The minimum atomic E-state index is -0.348. The summed E-state index contributed by atoms with van der Waals surface area (Å²) in [4.78, 5) is 20.6. The Hall–Kier alpha value is -3.48. The van der Waals surface area contributed by atoms with Crippen molar-refractivity contribution in [2.24, 2.45) is 0 Å². The van der Waals surface area contributed by atoms with Crippen molar-refractivity contribution in [1.29, 1.82) is 0 Å². The number of benzene rings is 1. The molecule has 3 heterocycles. The maximum Gasteiger partial charge on any atom is 0.231 e. The largest absolute Gasteiger partial charge is 0.461 e. The van der Waals surface area contributed by atoms with Crippen molar-refractivity contribution in [1.82, 2.24) is 9.97 Å². The molecule has 1 aromatic carbocycles. The van der Waals surface area contributed by atoms with Crippen molar-refractivity contribution in [3.05, 3.63) is 65.6 Å². The van der Waals surface area contributed by atoms with E-state index < -0.39 is 0 Å². The lowest BCUT2D eigenvalue weighted by atomic mass is 10.1. The van der Waals surface area contributed by atoms with E-state index in [0.29, 0.717) is 40.4 Å². The quantitative estimate of drug-likeness (QED) is 0.538. The first kappa shape index (κ1) is 17.9. The molecular weight excluding hydrogens is 361 g/mol. The van der Waals surface area contributed by atoms with Gasteiger partial charge < -0.3 is 14.2 Å². The number of anilines is 1. The number of rotatable bonds is 5. The first-order valence-electron chi connectivity index (χ1n) is 8.87. The Morgan fingerprint density at radius 2 is 1.93 bits per heavy atom. The molecule has 0 saturated heterocycles. The number of fused-ring (bicyclic) bond motifs is 1. The topological polar surface area (TPSA) is 81.2 Å². The molecule has 0 atom stereocenters. The lowest BCUT2D eigenvalue weighted by molar-refractivity contribution is -0.116. The van der Waals surface area contributed by atoms with Crippen LogP contribution in [-0.2, 0) is 11.2 Å². The van der Waals surface area contributed by atoms with Crippen LogP contribution in [-0.4, -0.2) is 15.9 Å². The zero-order valence-corrected chi connectivity index (χ0v) is 15.5. The van der Waals surface area contributed by atoms with Gasteiger partial charge in [-0.3, -0.25) is 4.79 Å². The molecule has 0 aliphatic heterocycles. The molecular formula is C21H18FN3O3. The molecule has 142 valence electrons. The smallest absolute Gasteiger partial charge is 0.231 e. The number of hydrogen-bond donors (Lipinski definition) is 1. The minimum Gasteiger partial charge on any atom is -0.461 e. The number of nitrogens with zero attached hydrogens (tertiary/aromatic N) is 2. The molecule has 0 bridgehead atoms. The average Bonchev–Trinajstić information content (AvgIpc) is 3.26. The fourth-order valence-electron chi connectivity index (χ4n) is 3.03. The Bertz CT molecular complexity index is 1160. The zero-order valence-electron chi connectivity index (χ0n) is 15.5. The molecule has 0 unspecified atom stereocenters. The predicted octanol–water partition coefficient (Wildman–Crippen LogP) is 4.81. The molecule has 1 amide bonds. The Balaban J connectivity index is 1.44. The van der Waals surface area contributed by atoms with E-state index in [9.17, 15) is 9.18 Å². The third-order valence-corrected chi connectivity index (χ3v) is 4.62. The minimum absolute atomic E-state index is 0.200. The summed E-state index contributed by atoms with van der Waals surface area (Å²) in [6.07, 6.45) is 1.94. The number of carbonyl (C=O) groups is 1. The Labute approximate surface area is 160 Å². The Morgan fingerprint density at radius 1 is 1.11 bits per heavy atom. The summed E-state index contributed by atoms with van der Waals surface area (Å²) in [7, 11) is 0. The van der Waals surface area contributed by atoms with E-state index in [1.54, 1.807) is 30.3 Å².